The number of hydrogen-bond donors (Lipinski definition) is 1. The lowest BCUT2D eigenvalue weighted by Gasteiger charge is -2.46. The Balaban J connectivity index is 1.72. The van der Waals surface area contributed by atoms with E-state index < -0.39 is 0 Å². The van der Waals surface area contributed by atoms with Gasteiger partial charge in [0.25, 0.3) is 0 Å². The van der Waals surface area contributed by atoms with Crippen LogP contribution in [-0.4, -0.2) is 38.3 Å². The lowest BCUT2D eigenvalue weighted by Crippen LogP contribution is -2.54. The predicted octanol–water partition coefficient (Wildman–Crippen LogP) is 2.03. The molecule has 3 unspecified atom stereocenters. The van der Waals surface area contributed by atoms with Gasteiger partial charge in [-0.1, -0.05) is 27.2 Å². The van der Waals surface area contributed by atoms with Crippen molar-refractivity contribution in [1.82, 2.24) is 19.7 Å². The standard InChI is InChI=1S/C16H29N5/c1-4-16(2,3)12-5-6-13(17)14(9-12)20-7-8-21-11-18-19-15(21)10-20/h11-14H,4-10,17H2,1-3H3. The van der Waals surface area contributed by atoms with Gasteiger partial charge >= 0.3 is 0 Å². The van der Waals surface area contributed by atoms with E-state index in [9.17, 15) is 0 Å². The van der Waals surface area contributed by atoms with Crippen LogP contribution in [0.25, 0.3) is 0 Å². The zero-order valence-corrected chi connectivity index (χ0v) is 13.6. The molecule has 5 heteroatoms. The fourth-order valence-electron chi connectivity index (χ4n) is 3.96. The van der Waals surface area contributed by atoms with Gasteiger partial charge in [0, 0.05) is 25.2 Å². The molecule has 0 saturated heterocycles. The summed E-state index contributed by atoms with van der Waals surface area (Å²) in [5.74, 6) is 1.87. The highest BCUT2D eigenvalue weighted by molar-refractivity contribution is 4.98. The van der Waals surface area contributed by atoms with E-state index in [1.54, 1.807) is 0 Å². The van der Waals surface area contributed by atoms with Crippen molar-refractivity contribution in [3.8, 4) is 0 Å². The molecule has 0 aromatic carbocycles. The van der Waals surface area contributed by atoms with Crippen LogP contribution >= 0.6 is 0 Å². The van der Waals surface area contributed by atoms with Crippen molar-refractivity contribution in [2.24, 2.45) is 17.1 Å². The Morgan fingerprint density at radius 1 is 1.33 bits per heavy atom. The van der Waals surface area contributed by atoms with Gasteiger partial charge < -0.3 is 10.3 Å². The summed E-state index contributed by atoms with van der Waals surface area (Å²) >= 11 is 0. The van der Waals surface area contributed by atoms with Gasteiger partial charge in [-0.25, -0.2) is 0 Å². The van der Waals surface area contributed by atoms with E-state index in [0.29, 0.717) is 17.5 Å². The third kappa shape index (κ3) is 2.86. The maximum absolute atomic E-state index is 6.47. The molecule has 2 aliphatic rings. The van der Waals surface area contributed by atoms with Crippen LogP contribution in [0.15, 0.2) is 6.33 Å². The quantitative estimate of drug-likeness (QED) is 0.925. The van der Waals surface area contributed by atoms with Gasteiger partial charge in [0.05, 0.1) is 6.54 Å². The molecule has 1 saturated carbocycles. The van der Waals surface area contributed by atoms with Gasteiger partial charge in [0.2, 0.25) is 0 Å². The average molecular weight is 291 g/mol. The first-order chi connectivity index (χ1) is 10.0. The third-order valence-corrected chi connectivity index (χ3v) is 6.02. The molecule has 1 aliphatic carbocycles. The van der Waals surface area contributed by atoms with Crippen LogP contribution in [0.2, 0.25) is 0 Å². The molecular formula is C16H29N5. The normalized spacial score (nSPS) is 31.1. The van der Waals surface area contributed by atoms with Crippen molar-refractivity contribution in [2.45, 2.75) is 71.6 Å². The molecule has 2 heterocycles. The Kier molecular flexibility index (Phi) is 4.06. The van der Waals surface area contributed by atoms with Crippen LogP contribution in [0.3, 0.4) is 0 Å². The molecule has 1 aromatic heterocycles. The fraction of sp³-hybridized carbons (Fsp3) is 0.875. The van der Waals surface area contributed by atoms with Gasteiger partial charge in [-0.05, 0) is 30.6 Å². The van der Waals surface area contributed by atoms with Crippen LogP contribution in [0.5, 0.6) is 0 Å². The first-order valence-corrected chi connectivity index (χ1v) is 8.37. The molecule has 0 spiro atoms. The number of hydrogen-bond acceptors (Lipinski definition) is 4. The zero-order chi connectivity index (χ0) is 15.0. The molecule has 1 aliphatic heterocycles. The number of nitrogens with zero attached hydrogens (tertiary/aromatic N) is 4. The molecule has 0 bridgehead atoms. The number of fused-ring (bicyclic) bond motifs is 1. The van der Waals surface area contributed by atoms with Crippen LogP contribution in [-0.2, 0) is 13.1 Å². The smallest absolute Gasteiger partial charge is 0.147 e. The minimum Gasteiger partial charge on any atom is -0.326 e. The molecule has 1 fully saturated rings. The highest BCUT2D eigenvalue weighted by Crippen LogP contribution is 2.41. The maximum atomic E-state index is 6.47. The van der Waals surface area contributed by atoms with Crippen molar-refractivity contribution < 1.29 is 0 Å². The summed E-state index contributed by atoms with van der Waals surface area (Å²) in [6, 6.07) is 0.809. The minimum atomic E-state index is 0.309. The Bertz CT molecular complexity index is 481. The molecule has 3 atom stereocenters. The number of aromatic nitrogens is 3. The molecule has 118 valence electrons. The van der Waals surface area contributed by atoms with Crippen molar-refractivity contribution in [2.75, 3.05) is 6.54 Å². The van der Waals surface area contributed by atoms with Crippen molar-refractivity contribution in [3.05, 3.63) is 12.2 Å². The molecule has 2 N–H and O–H groups in total. The Hall–Kier alpha value is -0.940. The highest BCUT2D eigenvalue weighted by atomic mass is 15.3. The summed E-state index contributed by atoms with van der Waals surface area (Å²) in [5.41, 5.74) is 6.89. The predicted molar refractivity (Wildman–Crippen MR) is 83.6 cm³/mol. The molecule has 21 heavy (non-hydrogen) atoms. The van der Waals surface area contributed by atoms with Crippen LogP contribution in [0.1, 0.15) is 52.3 Å². The lowest BCUT2D eigenvalue weighted by atomic mass is 9.67. The SMILES string of the molecule is CCC(C)(C)C1CCC(N)C(N2CCn3cnnc3C2)C1. The van der Waals surface area contributed by atoms with Gasteiger partial charge in [-0.2, -0.15) is 0 Å². The van der Waals surface area contributed by atoms with E-state index in [1.807, 2.05) is 6.33 Å². The Morgan fingerprint density at radius 3 is 2.90 bits per heavy atom. The van der Waals surface area contributed by atoms with Crippen molar-refractivity contribution >= 4 is 0 Å². The molecule has 0 radical (unpaired) electrons. The van der Waals surface area contributed by atoms with E-state index in [1.165, 1.54) is 19.3 Å². The van der Waals surface area contributed by atoms with E-state index in [-0.39, 0.29) is 0 Å². The van der Waals surface area contributed by atoms with Crippen molar-refractivity contribution in [1.29, 1.82) is 0 Å². The van der Waals surface area contributed by atoms with Crippen LogP contribution in [0, 0.1) is 11.3 Å². The van der Waals surface area contributed by atoms with E-state index in [4.69, 9.17) is 5.73 Å². The summed E-state index contributed by atoms with van der Waals surface area (Å²) in [6.07, 6.45) is 6.76. The second kappa shape index (κ2) is 5.69. The monoisotopic (exact) mass is 291 g/mol. The molecule has 5 nitrogen and oxygen atoms in total. The van der Waals surface area contributed by atoms with Crippen molar-refractivity contribution in [3.63, 3.8) is 0 Å². The zero-order valence-electron chi connectivity index (χ0n) is 13.6. The topological polar surface area (TPSA) is 60.0 Å². The summed E-state index contributed by atoms with van der Waals surface area (Å²) < 4.78 is 2.16. The van der Waals surface area contributed by atoms with E-state index in [0.717, 1.165) is 37.8 Å². The summed E-state index contributed by atoms with van der Waals surface area (Å²) in [5, 5.41) is 8.27. The van der Waals surface area contributed by atoms with Crippen LogP contribution < -0.4 is 5.73 Å². The fourth-order valence-corrected chi connectivity index (χ4v) is 3.96. The Labute approximate surface area is 127 Å². The molecule has 3 rings (SSSR count). The summed E-state index contributed by atoms with van der Waals surface area (Å²) in [7, 11) is 0. The second-order valence-corrected chi connectivity index (χ2v) is 7.49. The first kappa shape index (κ1) is 15.0. The van der Waals surface area contributed by atoms with Crippen LogP contribution in [0.4, 0.5) is 0 Å². The Morgan fingerprint density at radius 2 is 2.14 bits per heavy atom. The molecular weight excluding hydrogens is 262 g/mol. The highest BCUT2D eigenvalue weighted by Gasteiger charge is 2.39. The van der Waals surface area contributed by atoms with Gasteiger partial charge in [-0.15, -0.1) is 10.2 Å². The summed E-state index contributed by atoms with van der Waals surface area (Å²) in [4.78, 5) is 2.55. The number of rotatable bonds is 3. The number of nitrogens with two attached hydrogens (primary N) is 1. The van der Waals surface area contributed by atoms with Gasteiger partial charge in [-0.3, -0.25) is 4.90 Å². The third-order valence-electron chi connectivity index (χ3n) is 6.02. The minimum absolute atomic E-state index is 0.309. The maximum Gasteiger partial charge on any atom is 0.147 e. The lowest BCUT2D eigenvalue weighted by molar-refractivity contribution is 0.0449. The van der Waals surface area contributed by atoms with E-state index >= 15 is 0 Å². The average Bonchev–Trinajstić information content (AvgIpc) is 2.95. The largest absolute Gasteiger partial charge is 0.326 e. The van der Waals surface area contributed by atoms with Gasteiger partial charge in [0.15, 0.2) is 0 Å². The molecule has 0 amide bonds. The summed E-state index contributed by atoms with van der Waals surface area (Å²) in [6.45, 7) is 10.1. The first-order valence-electron chi connectivity index (χ1n) is 8.37. The second-order valence-electron chi connectivity index (χ2n) is 7.49. The van der Waals surface area contributed by atoms with Gasteiger partial charge in [0.1, 0.15) is 12.2 Å². The van der Waals surface area contributed by atoms with E-state index in [2.05, 4.69) is 40.4 Å². The molecule has 1 aromatic rings.